The summed E-state index contributed by atoms with van der Waals surface area (Å²) in [6.45, 7) is -0.724. The van der Waals surface area contributed by atoms with E-state index in [9.17, 15) is 31.1 Å². The van der Waals surface area contributed by atoms with Gasteiger partial charge in [-0.3, -0.25) is 9.78 Å². The van der Waals surface area contributed by atoms with Gasteiger partial charge in [0, 0.05) is 17.6 Å². The summed E-state index contributed by atoms with van der Waals surface area (Å²) in [5.41, 5.74) is -1.93. The first-order valence-corrected chi connectivity index (χ1v) is 10.1. The van der Waals surface area contributed by atoms with Crippen LogP contribution < -0.4 is 10.1 Å². The number of nitrogens with one attached hydrogen (secondary N) is 1. The first kappa shape index (κ1) is 24.3. The molecule has 0 saturated carbocycles. The van der Waals surface area contributed by atoms with E-state index in [-0.39, 0.29) is 27.3 Å². The van der Waals surface area contributed by atoms with E-state index < -0.39 is 42.0 Å². The van der Waals surface area contributed by atoms with E-state index in [1.54, 1.807) is 6.07 Å². The smallest absolute Gasteiger partial charge is 0.435 e. The van der Waals surface area contributed by atoms with Crippen molar-refractivity contribution in [3.63, 3.8) is 0 Å². The first-order valence-electron chi connectivity index (χ1n) is 9.74. The van der Waals surface area contributed by atoms with E-state index in [4.69, 9.17) is 16.3 Å². The van der Waals surface area contributed by atoms with Gasteiger partial charge in [0.15, 0.2) is 12.3 Å². The molecule has 4 rings (SSSR count). The molecular formula is C22H13ClF6N4O2. The summed E-state index contributed by atoms with van der Waals surface area (Å²) in [5, 5.41) is 6.28. The van der Waals surface area contributed by atoms with Gasteiger partial charge in [0.2, 0.25) is 5.88 Å². The number of nitrogens with zero attached hydrogens (tertiary/aromatic N) is 3. The summed E-state index contributed by atoms with van der Waals surface area (Å²) in [6.07, 6.45) is -8.14. The average Bonchev–Trinajstić information content (AvgIpc) is 3.22. The van der Waals surface area contributed by atoms with Crippen LogP contribution in [0.3, 0.4) is 0 Å². The van der Waals surface area contributed by atoms with E-state index in [2.05, 4.69) is 15.4 Å². The molecule has 6 nitrogen and oxygen atoms in total. The third kappa shape index (κ3) is 5.32. The van der Waals surface area contributed by atoms with Gasteiger partial charge in [-0.2, -0.15) is 36.1 Å². The molecule has 0 radical (unpaired) electrons. The Kier molecular flexibility index (Phi) is 6.32. The van der Waals surface area contributed by atoms with Gasteiger partial charge in [0.05, 0.1) is 27.5 Å². The minimum atomic E-state index is -4.78. The number of amides is 1. The fourth-order valence-electron chi connectivity index (χ4n) is 3.16. The molecule has 0 aliphatic rings. The number of hydrogen-bond donors (Lipinski definition) is 1. The monoisotopic (exact) mass is 514 g/mol. The molecule has 0 bridgehead atoms. The van der Waals surface area contributed by atoms with Crippen molar-refractivity contribution in [1.29, 1.82) is 0 Å². The fourth-order valence-corrected chi connectivity index (χ4v) is 3.38. The predicted octanol–water partition coefficient (Wildman–Crippen LogP) is 6.13. The van der Waals surface area contributed by atoms with Crippen molar-refractivity contribution >= 4 is 34.1 Å². The molecule has 2 heterocycles. The number of fused-ring (bicyclic) bond motifs is 1. The number of aromatic nitrogens is 3. The van der Waals surface area contributed by atoms with E-state index in [0.717, 1.165) is 22.9 Å². The minimum absolute atomic E-state index is 0.00911. The normalized spacial score (nSPS) is 12.1. The van der Waals surface area contributed by atoms with E-state index in [0.29, 0.717) is 6.07 Å². The van der Waals surface area contributed by atoms with Gasteiger partial charge in [-0.05, 0) is 30.3 Å². The van der Waals surface area contributed by atoms with Crippen LogP contribution in [0.5, 0.6) is 5.88 Å². The molecule has 0 fully saturated rings. The van der Waals surface area contributed by atoms with E-state index >= 15 is 0 Å². The number of benzene rings is 2. The summed E-state index contributed by atoms with van der Waals surface area (Å²) in [5.74, 6) is -1.17. The third-order valence-corrected chi connectivity index (χ3v) is 5.06. The lowest BCUT2D eigenvalue weighted by atomic mass is 10.1. The van der Waals surface area contributed by atoms with Crippen molar-refractivity contribution in [3.05, 3.63) is 77.1 Å². The molecule has 0 aliphatic carbocycles. The van der Waals surface area contributed by atoms with Crippen molar-refractivity contribution in [2.45, 2.75) is 12.4 Å². The van der Waals surface area contributed by atoms with Crippen LogP contribution in [0, 0.1) is 0 Å². The first-order chi connectivity index (χ1) is 16.4. The van der Waals surface area contributed by atoms with Gasteiger partial charge < -0.3 is 10.1 Å². The summed E-state index contributed by atoms with van der Waals surface area (Å²) in [7, 11) is 0. The zero-order valence-corrected chi connectivity index (χ0v) is 18.0. The quantitative estimate of drug-likeness (QED) is 0.325. The lowest BCUT2D eigenvalue weighted by Crippen LogP contribution is -2.21. The number of carbonyl (C=O) groups is 1. The van der Waals surface area contributed by atoms with Crippen LogP contribution in [0.1, 0.15) is 11.3 Å². The zero-order chi connectivity index (χ0) is 25.4. The number of ether oxygens (including phenoxy) is 1. The average molecular weight is 515 g/mol. The Balaban J connectivity index is 1.56. The standard InChI is InChI=1S/C22H13ClF6N4O2/c23-14-3-1-2-4-17(14)33-20(10-18(32-33)22(27,28)29)35-11-19(34)31-15-7-8-30-16-9-12(21(24,25)26)5-6-13(15)16/h1-10H,11H2,(H,30,31,34). The van der Waals surface area contributed by atoms with Gasteiger partial charge >= 0.3 is 12.4 Å². The van der Waals surface area contributed by atoms with E-state index in [1.807, 2.05) is 0 Å². The Hall–Kier alpha value is -3.80. The van der Waals surface area contributed by atoms with Crippen LogP contribution in [-0.4, -0.2) is 27.3 Å². The van der Waals surface area contributed by atoms with Gasteiger partial charge in [-0.15, -0.1) is 0 Å². The second kappa shape index (κ2) is 9.10. The van der Waals surface area contributed by atoms with Crippen LogP contribution >= 0.6 is 11.6 Å². The summed E-state index contributed by atoms with van der Waals surface area (Å²) in [6, 6.07) is 10.8. The molecule has 0 unspecified atom stereocenters. The summed E-state index contributed by atoms with van der Waals surface area (Å²) >= 11 is 6.07. The summed E-state index contributed by atoms with van der Waals surface area (Å²) < 4.78 is 84.6. The number of pyridine rings is 1. The second-order valence-electron chi connectivity index (χ2n) is 7.15. The molecule has 13 heteroatoms. The highest BCUT2D eigenvalue weighted by Crippen LogP contribution is 2.34. The maximum Gasteiger partial charge on any atom is 0.435 e. The number of anilines is 1. The number of alkyl halides is 6. The number of rotatable bonds is 5. The van der Waals surface area contributed by atoms with Crippen molar-refractivity contribution in [2.75, 3.05) is 11.9 Å². The second-order valence-corrected chi connectivity index (χ2v) is 7.56. The fraction of sp³-hybridized carbons (Fsp3) is 0.136. The van der Waals surface area contributed by atoms with Crippen LogP contribution in [0.25, 0.3) is 16.6 Å². The molecule has 182 valence electrons. The highest BCUT2D eigenvalue weighted by Gasteiger charge is 2.36. The Morgan fingerprint density at radius 3 is 2.43 bits per heavy atom. The topological polar surface area (TPSA) is 69.0 Å². The molecule has 1 N–H and O–H groups in total. The third-order valence-electron chi connectivity index (χ3n) is 4.74. The van der Waals surface area contributed by atoms with Crippen LogP contribution in [0.4, 0.5) is 32.0 Å². The molecule has 35 heavy (non-hydrogen) atoms. The van der Waals surface area contributed by atoms with Gasteiger partial charge in [0.25, 0.3) is 5.91 Å². The molecule has 2 aromatic heterocycles. The Bertz CT molecular complexity index is 1400. The highest BCUT2D eigenvalue weighted by molar-refractivity contribution is 6.32. The largest absolute Gasteiger partial charge is 0.467 e. The van der Waals surface area contributed by atoms with Gasteiger partial charge in [-0.1, -0.05) is 29.8 Å². The van der Waals surface area contributed by atoms with Crippen molar-refractivity contribution in [3.8, 4) is 11.6 Å². The lowest BCUT2D eigenvalue weighted by molar-refractivity contribution is -0.141. The molecule has 1 amide bonds. The Morgan fingerprint density at radius 2 is 1.74 bits per heavy atom. The zero-order valence-electron chi connectivity index (χ0n) is 17.3. The van der Waals surface area contributed by atoms with Crippen LogP contribution in [0.15, 0.2) is 60.8 Å². The molecule has 2 aromatic carbocycles. The van der Waals surface area contributed by atoms with Crippen molar-refractivity contribution in [1.82, 2.24) is 14.8 Å². The van der Waals surface area contributed by atoms with Crippen LogP contribution in [0.2, 0.25) is 5.02 Å². The minimum Gasteiger partial charge on any atom is -0.467 e. The molecular weight excluding hydrogens is 502 g/mol. The van der Waals surface area contributed by atoms with Crippen LogP contribution in [-0.2, 0) is 17.1 Å². The maximum absolute atomic E-state index is 13.2. The van der Waals surface area contributed by atoms with Gasteiger partial charge in [0.1, 0.15) is 0 Å². The lowest BCUT2D eigenvalue weighted by Gasteiger charge is -2.12. The maximum atomic E-state index is 13.2. The molecule has 4 aromatic rings. The van der Waals surface area contributed by atoms with E-state index in [1.165, 1.54) is 30.5 Å². The Labute approximate surface area is 198 Å². The molecule has 0 aliphatic heterocycles. The molecule has 0 atom stereocenters. The molecule has 0 spiro atoms. The number of halogens is 7. The number of hydrogen-bond acceptors (Lipinski definition) is 4. The number of carbonyl (C=O) groups excluding carboxylic acids is 1. The highest BCUT2D eigenvalue weighted by atomic mass is 35.5. The Morgan fingerprint density at radius 1 is 1.00 bits per heavy atom. The van der Waals surface area contributed by atoms with Crippen molar-refractivity contribution < 1.29 is 35.9 Å². The number of para-hydroxylation sites is 1. The predicted molar refractivity (Wildman–Crippen MR) is 114 cm³/mol. The summed E-state index contributed by atoms with van der Waals surface area (Å²) in [4.78, 5) is 16.3. The van der Waals surface area contributed by atoms with Gasteiger partial charge in [-0.25, -0.2) is 0 Å². The molecule has 0 saturated heterocycles. The SMILES string of the molecule is O=C(COc1cc(C(F)(F)F)nn1-c1ccccc1Cl)Nc1ccnc2cc(C(F)(F)F)ccc12. The van der Waals surface area contributed by atoms with Crippen molar-refractivity contribution in [2.24, 2.45) is 0 Å².